The molecule has 0 aliphatic carbocycles. The van der Waals surface area contributed by atoms with Crippen molar-refractivity contribution in [3.05, 3.63) is 78.5 Å². The summed E-state index contributed by atoms with van der Waals surface area (Å²) in [6.07, 6.45) is 6.39. The number of benzene rings is 1. The molecule has 0 bridgehead atoms. The maximum absolute atomic E-state index is 13.5. The minimum Gasteiger partial charge on any atom is -0.496 e. The van der Waals surface area contributed by atoms with Gasteiger partial charge in [-0.3, -0.25) is 0 Å². The van der Waals surface area contributed by atoms with Crippen LogP contribution in [0.4, 0.5) is 4.39 Å². The van der Waals surface area contributed by atoms with E-state index in [1.165, 1.54) is 12.3 Å². The van der Waals surface area contributed by atoms with E-state index in [4.69, 9.17) is 13.9 Å². The molecule has 0 aliphatic heterocycles. The summed E-state index contributed by atoms with van der Waals surface area (Å²) in [5.74, 6) is 1.91. The number of pyridine rings is 1. The Kier molecular flexibility index (Phi) is 5.21. The molecule has 5 aromatic heterocycles. The minimum atomic E-state index is -0.598. The van der Waals surface area contributed by atoms with E-state index in [-0.39, 0.29) is 6.61 Å². The molecular weight excluding hydrogens is 465 g/mol. The van der Waals surface area contributed by atoms with Gasteiger partial charge in [-0.1, -0.05) is 0 Å². The molecule has 36 heavy (non-hydrogen) atoms. The Labute approximate surface area is 203 Å². The second-order valence-corrected chi connectivity index (χ2v) is 7.95. The molecule has 0 unspecified atom stereocenters. The third-order valence-corrected chi connectivity index (χ3v) is 5.44. The van der Waals surface area contributed by atoms with Crippen LogP contribution in [0.1, 0.15) is 11.4 Å². The number of furan rings is 1. The van der Waals surface area contributed by atoms with Crippen LogP contribution in [0.3, 0.4) is 0 Å². The molecule has 0 fully saturated rings. The lowest BCUT2D eigenvalue weighted by Crippen LogP contribution is -2.01. The summed E-state index contributed by atoms with van der Waals surface area (Å²) in [5.41, 5.74) is 3.08. The lowest BCUT2D eigenvalue weighted by atomic mass is 10.2. The molecular formula is C25H18FN7O3. The van der Waals surface area contributed by atoms with Crippen LogP contribution in [0.2, 0.25) is 0 Å². The maximum Gasteiger partial charge on any atom is 0.251 e. The van der Waals surface area contributed by atoms with Gasteiger partial charge in [0, 0.05) is 36.2 Å². The number of hydrogen-bond acceptors (Lipinski definition) is 9. The molecule has 1 aromatic carbocycles. The van der Waals surface area contributed by atoms with E-state index in [0.29, 0.717) is 51.4 Å². The molecule has 178 valence electrons. The molecule has 0 atom stereocenters. The van der Waals surface area contributed by atoms with Gasteiger partial charge >= 0.3 is 0 Å². The van der Waals surface area contributed by atoms with Crippen LogP contribution in [0.15, 0.2) is 65.6 Å². The lowest BCUT2D eigenvalue weighted by molar-refractivity contribution is 0.302. The first-order chi connectivity index (χ1) is 17.6. The van der Waals surface area contributed by atoms with Crippen molar-refractivity contribution in [2.24, 2.45) is 0 Å². The van der Waals surface area contributed by atoms with E-state index in [1.54, 1.807) is 54.5 Å². The van der Waals surface area contributed by atoms with Gasteiger partial charge in [0.25, 0.3) is 5.78 Å². The van der Waals surface area contributed by atoms with Gasteiger partial charge in [0.15, 0.2) is 11.6 Å². The summed E-state index contributed by atoms with van der Waals surface area (Å²) in [4.78, 5) is 21.1. The quantitative estimate of drug-likeness (QED) is 0.318. The van der Waals surface area contributed by atoms with E-state index >= 15 is 0 Å². The second-order valence-electron chi connectivity index (χ2n) is 7.95. The normalized spacial score (nSPS) is 11.3. The molecule has 0 aliphatic rings. The third-order valence-electron chi connectivity index (χ3n) is 5.44. The van der Waals surface area contributed by atoms with E-state index in [0.717, 1.165) is 11.1 Å². The van der Waals surface area contributed by atoms with Gasteiger partial charge in [0.1, 0.15) is 29.4 Å². The van der Waals surface area contributed by atoms with Gasteiger partial charge in [-0.05, 0) is 25.1 Å². The minimum absolute atomic E-state index is 0.146. The fraction of sp³-hybridized carbons (Fsp3) is 0.120. The Morgan fingerprint density at radius 1 is 1.03 bits per heavy atom. The predicted octanol–water partition coefficient (Wildman–Crippen LogP) is 4.42. The summed E-state index contributed by atoms with van der Waals surface area (Å²) in [7, 11) is 1.57. The second kappa shape index (κ2) is 8.69. The largest absolute Gasteiger partial charge is 0.496 e. The number of rotatable bonds is 6. The predicted molar refractivity (Wildman–Crippen MR) is 127 cm³/mol. The Hall–Kier alpha value is -4.93. The first-order valence-corrected chi connectivity index (χ1v) is 10.9. The van der Waals surface area contributed by atoms with Gasteiger partial charge in [-0.15, -0.1) is 0 Å². The van der Waals surface area contributed by atoms with E-state index in [2.05, 4.69) is 30.0 Å². The van der Waals surface area contributed by atoms with Crippen LogP contribution in [0.25, 0.3) is 39.6 Å². The van der Waals surface area contributed by atoms with Crippen LogP contribution in [0.5, 0.6) is 11.5 Å². The number of halogens is 1. The Morgan fingerprint density at radius 2 is 1.92 bits per heavy atom. The molecule has 10 nitrogen and oxygen atoms in total. The van der Waals surface area contributed by atoms with Crippen molar-refractivity contribution in [2.45, 2.75) is 13.5 Å². The zero-order valence-electron chi connectivity index (χ0n) is 19.2. The number of fused-ring (bicyclic) bond motifs is 2. The number of ether oxygens (including phenoxy) is 2. The Bertz CT molecular complexity index is 1730. The average Bonchev–Trinajstić information content (AvgIpc) is 3.51. The van der Waals surface area contributed by atoms with Crippen molar-refractivity contribution >= 4 is 16.7 Å². The van der Waals surface area contributed by atoms with Gasteiger partial charge in [-0.25, -0.2) is 29.4 Å². The van der Waals surface area contributed by atoms with Gasteiger partial charge in [0.05, 0.1) is 36.3 Å². The molecule has 6 aromatic rings. The Morgan fingerprint density at radius 3 is 2.78 bits per heavy atom. The van der Waals surface area contributed by atoms with E-state index < -0.39 is 5.95 Å². The molecule has 0 N–H and O–H groups in total. The summed E-state index contributed by atoms with van der Waals surface area (Å²) in [5, 5.41) is 5.13. The highest BCUT2D eigenvalue weighted by atomic mass is 19.1. The highest BCUT2D eigenvalue weighted by molar-refractivity contribution is 5.89. The van der Waals surface area contributed by atoms with Crippen molar-refractivity contribution in [3.8, 4) is 34.3 Å². The molecule has 0 radical (unpaired) electrons. The summed E-state index contributed by atoms with van der Waals surface area (Å²) < 4.78 is 32.8. The number of imidazole rings is 1. The van der Waals surface area contributed by atoms with Crippen LogP contribution < -0.4 is 9.47 Å². The molecule has 0 saturated carbocycles. The topological polar surface area (TPSA) is 113 Å². The molecule has 11 heteroatoms. The molecule has 0 spiro atoms. The number of methoxy groups -OCH3 is 1. The first-order valence-electron chi connectivity index (χ1n) is 10.9. The Balaban J connectivity index is 1.32. The van der Waals surface area contributed by atoms with Crippen molar-refractivity contribution in [2.75, 3.05) is 7.11 Å². The fourth-order valence-electron chi connectivity index (χ4n) is 3.74. The molecule has 5 heterocycles. The number of aryl methyl sites for hydroxylation is 1. The lowest BCUT2D eigenvalue weighted by Gasteiger charge is -2.09. The maximum atomic E-state index is 13.5. The summed E-state index contributed by atoms with van der Waals surface area (Å²) in [6.45, 7) is 2.01. The van der Waals surface area contributed by atoms with Crippen molar-refractivity contribution in [1.82, 2.24) is 34.5 Å². The number of nitrogens with zero attached hydrogens (tertiary/aromatic N) is 7. The average molecular weight is 483 g/mol. The van der Waals surface area contributed by atoms with Crippen molar-refractivity contribution in [3.63, 3.8) is 0 Å². The van der Waals surface area contributed by atoms with Gasteiger partial charge in [-0.2, -0.15) is 9.49 Å². The number of aromatic nitrogens is 7. The smallest absolute Gasteiger partial charge is 0.251 e. The summed E-state index contributed by atoms with van der Waals surface area (Å²) in [6, 6.07) is 10.1. The van der Waals surface area contributed by atoms with Crippen molar-refractivity contribution < 1.29 is 18.3 Å². The zero-order valence-corrected chi connectivity index (χ0v) is 19.2. The van der Waals surface area contributed by atoms with E-state index in [1.807, 2.05) is 13.0 Å². The van der Waals surface area contributed by atoms with Crippen LogP contribution in [-0.4, -0.2) is 41.6 Å². The first kappa shape index (κ1) is 21.6. The van der Waals surface area contributed by atoms with Crippen LogP contribution in [-0.2, 0) is 6.61 Å². The molecule has 0 amide bonds. The zero-order chi connectivity index (χ0) is 24.6. The molecule has 0 saturated heterocycles. The SMILES string of the molecule is COc1cc(OCc2ccnc(-c3ccnc(F)c3)n2)c2cc(-c3cn4nc(C)cnc4n3)oc2c1. The third kappa shape index (κ3) is 4.06. The fourth-order valence-corrected chi connectivity index (χ4v) is 3.74. The van der Waals surface area contributed by atoms with Crippen LogP contribution >= 0.6 is 0 Å². The van der Waals surface area contributed by atoms with E-state index in [9.17, 15) is 4.39 Å². The number of hydrogen-bond donors (Lipinski definition) is 0. The van der Waals surface area contributed by atoms with Gasteiger partial charge in [0.2, 0.25) is 5.95 Å². The highest BCUT2D eigenvalue weighted by Crippen LogP contribution is 2.37. The van der Waals surface area contributed by atoms with Gasteiger partial charge < -0.3 is 13.9 Å². The standard InChI is InChI=1S/C25H18FN7O3/c1-14-11-29-25-31-19(12-33(25)32-14)22-10-18-20(8-17(34-2)9-21(18)36-22)35-13-16-4-6-28-24(30-16)15-3-5-27-23(26)7-15/h3-12H,13H2,1-2H3. The van der Waals surface area contributed by atoms with Crippen LogP contribution in [0, 0.1) is 12.9 Å². The van der Waals surface area contributed by atoms with Crippen molar-refractivity contribution in [1.29, 1.82) is 0 Å². The summed E-state index contributed by atoms with van der Waals surface area (Å²) >= 11 is 0. The monoisotopic (exact) mass is 483 g/mol. The molecule has 6 rings (SSSR count). The highest BCUT2D eigenvalue weighted by Gasteiger charge is 2.16.